The first-order chi connectivity index (χ1) is 6.79. The van der Waals surface area contributed by atoms with Crippen molar-refractivity contribution in [1.82, 2.24) is 4.98 Å². The largest absolute Gasteiger partial charge is 0.255 e. The van der Waals surface area contributed by atoms with Crippen LogP contribution in [-0.2, 0) is 0 Å². The molecule has 2 nitrogen and oxygen atoms in total. The van der Waals surface area contributed by atoms with Crippen molar-refractivity contribution in [3.63, 3.8) is 0 Å². The highest BCUT2D eigenvalue weighted by Gasteiger charge is 1.97. The predicted octanol–water partition coefficient (Wildman–Crippen LogP) is 0.720. The van der Waals surface area contributed by atoms with Gasteiger partial charge in [0.05, 0.1) is 10.9 Å². The quantitative estimate of drug-likeness (QED) is 0.592. The highest BCUT2D eigenvalue weighted by atomic mass is 14.6. The van der Waals surface area contributed by atoms with E-state index in [1.54, 1.807) is 6.20 Å². The molecule has 1 unspecified atom stereocenters. The number of allylic oxidation sites excluding steroid dienone is 2. The minimum absolute atomic E-state index is 0.396. The lowest BCUT2D eigenvalue weighted by Gasteiger charge is -1.94. The maximum atomic E-state index is 8.73. The number of pyridine rings is 1. The van der Waals surface area contributed by atoms with E-state index in [0.29, 0.717) is 11.5 Å². The molecule has 1 aromatic rings. The van der Waals surface area contributed by atoms with Gasteiger partial charge < -0.3 is 0 Å². The summed E-state index contributed by atoms with van der Waals surface area (Å²) >= 11 is 0. The van der Waals surface area contributed by atoms with Gasteiger partial charge in [0, 0.05) is 11.4 Å². The average molecular weight is 182 g/mol. The van der Waals surface area contributed by atoms with Gasteiger partial charge in [-0.1, -0.05) is 31.2 Å². The van der Waals surface area contributed by atoms with E-state index in [0.717, 1.165) is 10.6 Å². The summed E-state index contributed by atoms with van der Waals surface area (Å²) in [6.07, 6.45) is 9.81. The van der Waals surface area contributed by atoms with Crippen molar-refractivity contribution in [2.45, 2.75) is 6.92 Å². The Morgan fingerprint density at radius 3 is 3.14 bits per heavy atom. The molecule has 68 valence electrons. The van der Waals surface area contributed by atoms with Crippen LogP contribution in [0.2, 0.25) is 0 Å². The molecule has 1 aromatic heterocycles. The van der Waals surface area contributed by atoms with Gasteiger partial charge in [-0.25, -0.2) is 0 Å². The molecule has 0 fully saturated rings. The minimum Gasteiger partial charge on any atom is -0.255 e. The number of hydrogen-bond acceptors (Lipinski definition) is 2. The van der Waals surface area contributed by atoms with Gasteiger partial charge in [0.25, 0.3) is 0 Å². The fraction of sp³-hybridized carbons (Fsp3) is 0.167. The summed E-state index contributed by atoms with van der Waals surface area (Å²) in [5.41, 5.74) is 0.608. The standard InChI is InChI=1S/C12H10N2/c1-9-3-2-4-11-6-10(7-13)8-14-12(11)5-9/h2-6,8-9H,1H3. The Bertz CT molecular complexity index is 532. The van der Waals surface area contributed by atoms with Crippen molar-refractivity contribution in [3.05, 3.63) is 40.5 Å². The summed E-state index contributed by atoms with van der Waals surface area (Å²) in [4.78, 5) is 4.25. The molecular formula is C12H10N2. The fourth-order valence-electron chi connectivity index (χ4n) is 1.47. The summed E-state index contributed by atoms with van der Waals surface area (Å²) < 4.78 is 0. The first-order valence-corrected chi connectivity index (χ1v) is 4.56. The van der Waals surface area contributed by atoms with Crippen LogP contribution in [0.15, 0.2) is 24.4 Å². The molecule has 1 heterocycles. The fourth-order valence-corrected chi connectivity index (χ4v) is 1.47. The molecule has 0 radical (unpaired) electrons. The van der Waals surface area contributed by atoms with E-state index in [1.807, 2.05) is 18.2 Å². The lowest BCUT2D eigenvalue weighted by Crippen LogP contribution is -2.28. The van der Waals surface area contributed by atoms with E-state index < -0.39 is 0 Å². The van der Waals surface area contributed by atoms with Gasteiger partial charge in [0.1, 0.15) is 6.07 Å². The third-order valence-electron chi connectivity index (χ3n) is 2.19. The lowest BCUT2D eigenvalue weighted by atomic mass is 10.1. The summed E-state index contributed by atoms with van der Waals surface area (Å²) in [6, 6.07) is 3.95. The average Bonchev–Trinajstić information content (AvgIpc) is 2.37. The van der Waals surface area contributed by atoms with Crippen molar-refractivity contribution < 1.29 is 0 Å². The Labute approximate surface area is 82.5 Å². The summed E-state index contributed by atoms with van der Waals surface area (Å²) in [7, 11) is 0. The second-order valence-electron chi connectivity index (χ2n) is 3.39. The van der Waals surface area contributed by atoms with Crippen LogP contribution in [0, 0.1) is 17.2 Å². The smallest absolute Gasteiger partial charge is 0.101 e. The van der Waals surface area contributed by atoms with Gasteiger partial charge in [-0.3, -0.25) is 4.98 Å². The van der Waals surface area contributed by atoms with Gasteiger partial charge in [0.15, 0.2) is 0 Å². The zero-order valence-corrected chi connectivity index (χ0v) is 7.94. The van der Waals surface area contributed by atoms with E-state index in [-0.39, 0.29) is 0 Å². The van der Waals surface area contributed by atoms with Crippen LogP contribution in [0.3, 0.4) is 0 Å². The van der Waals surface area contributed by atoms with E-state index in [1.165, 1.54) is 0 Å². The zero-order valence-electron chi connectivity index (χ0n) is 7.94. The van der Waals surface area contributed by atoms with E-state index in [4.69, 9.17) is 5.26 Å². The first kappa shape index (κ1) is 8.71. The number of hydrogen-bond donors (Lipinski definition) is 0. The Kier molecular flexibility index (Phi) is 2.16. The molecule has 0 spiro atoms. The molecule has 1 aliphatic carbocycles. The number of nitrogens with zero attached hydrogens (tertiary/aromatic N) is 2. The molecule has 14 heavy (non-hydrogen) atoms. The van der Waals surface area contributed by atoms with Gasteiger partial charge >= 0.3 is 0 Å². The van der Waals surface area contributed by atoms with Gasteiger partial charge in [-0.2, -0.15) is 5.26 Å². The van der Waals surface area contributed by atoms with Crippen molar-refractivity contribution in [2.24, 2.45) is 5.92 Å². The van der Waals surface area contributed by atoms with Crippen molar-refractivity contribution in [1.29, 1.82) is 5.26 Å². The molecule has 0 saturated carbocycles. The number of aromatic nitrogens is 1. The molecule has 0 saturated heterocycles. The molecule has 0 bridgehead atoms. The third-order valence-corrected chi connectivity index (χ3v) is 2.19. The molecule has 1 aliphatic rings. The molecule has 0 aromatic carbocycles. The first-order valence-electron chi connectivity index (χ1n) is 4.56. The SMILES string of the molecule is CC1C=CC=c2cc(C#N)cnc2=C1. The van der Waals surface area contributed by atoms with E-state index in [9.17, 15) is 0 Å². The maximum absolute atomic E-state index is 8.73. The predicted molar refractivity (Wildman–Crippen MR) is 55.4 cm³/mol. The van der Waals surface area contributed by atoms with Crippen molar-refractivity contribution in [3.8, 4) is 6.07 Å². The Morgan fingerprint density at radius 2 is 2.36 bits per heavy atom. The zero-order chi connectivity index (χ0) is 9.97. The van der Waals surface area contributed by atoms with Crippen LogP contribution < -0.4 is 10.6 Å². The maximum Gasteiger partial charge on any atom is 0.101 e. The lowest BCUT2D eigenvalue weighted by molar-refractivity contribution is 0.988. The molecular weight excluding hydrogens is 172 g/mol. The topological polar surface area (TPSA) is 36.7 Å². The summed E-state index contributed by atoms with van der Waals surface area (Å²) in [5.74, 6) is 0.396. The highest BCUT2D eigenvalue weighted by Crippen LogP contribution is 1.99. The second kappa shape index (κ2) is 3.47. The van der Waals surface area contributed by atoms with Crippen LogP contribution in [0.25, 0.3) is 12.2 Å². The Morgan fingerprint density at radius 1 is 1.50 bits per heavy atom. The van der Waals surface area contributed by atoms with Crippen molar-refractivity contribution >= 4 is 12.2 Å². The monoisotopic (exact) mass is 182 g/mol. The van der Waals surface area contributed by atoms with E-state index >= 15 is 0 Å². The van der Waals surface area contributed by atoms with Gasteiger partial charge in [-0.15, -0.1) is 0 Å². The summed E-state index contributed by atoms with van der Waals surface area (Å²) in [5, 5.41) is 10.7. The molecule has 1 atom stereocenters. The van der Waals surface area contributed by atoms with Gasteiger partial charge in [-0.05, 0) is 12.0 Å². The van der Waals surface area contributed by atoms with Crippen LogP contribution in [0.4, 0.5) is 0 Å². The molecule has 2 rings (SSSR count). The number of rotatable bonds is 0. The summed E-state index contributed by atoms with van der Waals surface area (Å²) in [6.45, 7) is 2.11. The van der Waals surface area contributed by atoms with E-state index in [2.05, 4.69) is 30.1 Å². The molecule has 0 N–H and O–H groups in total. The van der Waals surface area contributed by atoms with Crippen LogP contribution >= 0.6 is 0 Å². The molecule has 2 heteroatoms. The van der Waals surface area contributed by atoms with Gasteiger partial charge in [0.2, 0.25) is 0 Å². The van der Waals surface area contributed by atoms with Crippen LogP contribution in [0.5, 0.6) is 0 Å². The Hall–Kier alpha value is -1.88. The second-order valence-corrected chi connectivity index (χ2v) is 3.39. The number of fused-ring (bicyclic) bond motifs is 1. The third kappa shape index (κ3) is 1.57. The van der Waals surface area contributed by atoms with Crippen molar-refractivity contribution in [2.75, 3.05) is 0 Å². The minimum atomic E-state index is 0.396. The molecule has 0 amide bonds. The van der Waals surface area contributed by atoms with Crippen LogP contribution in [-0.4, -0.2) is 4.98 Å². The normalized spacial score (nSPS) is 18.4. The number of nitriles is 1. The molecule has 0 aliphatic heterocycles. The highest BCUT2D eigenvalue weighted by molar-refractivity contribution is 5.45. The Balaban J connectivity index is 2.73. The van der Waals surface area contributed by atoms with Crippen LogP contribution in [0.1, 0.15) is 12.5 Å².